The number of hydrogen-bond donors (Lipinski definition) is 1. The van der Waals surface area contributed by atoms with Gasteiger partial charge in [-0.15, -0.1) is 0 Å². The van der Waals surface area contributed by atoms with Crippen LogP contribution in [-0.2, 0) is 9.59 Å². The van der Waals surface area contributed by atoms with Crippen molar-refractivity contribution in [3.8, 4) is 0 Å². The molecule has 1 amide bonds. The van der Waals surface area contributed by atoms with E-state index in [-0.39, 0.29) is 12.3 Å². The van der Waals surface area contributed by atoms with Crippen molar-refractivity contribution in [2.24, 2.45) is 5.41 Å². The zero-order valence-electron chi connectivity index (χ0n) is 13.3. The molecule has 0 aromatic carbocycles. The van der Waals surface area contributed by atoms with Crippen LogP contribution in [0.4, 0.5) is 0 Å². The van der Waals surface area contributed by atoms with Gasteiger partial charge in [0.1, 0.15) is 0 Å². The molecule has 0 aromatic rings. The fraction of sp³-hybridized carbons (Fsp3) is 0.882. The van der Waals surface area contributed by atoms with Crippen molar-refractivity contribution in [1.29, 1.82) is 0 Å². The second-order valence-corrected chi connectivity index (χ2v) is 6.79. The van der Waals surface area contributed by atoms with Crippen molar-refractivity contribution in [3.63, 3.8) is 0 Å². The first-order valence-electron chi connectivity index (χ1n) is 8.62. The molecule has 0 saturated heterocycles. The molecule has 1 N–H and O–H groups in total. The zero-order valence-corrected chi connectivity index (χ0v) is 13.3. The van der Waals surface area contributed by atoms with Crippen LogP contribution in [0.25, 0.3) is 0 Å². The van der Waals surface area contributed by atoms with Gasteiger partial charge in [0.2, 0.25) is 5.91 Å². The van der Waals surface area contributed by atoms with Gasteiger partial charge in [0.15, 0.2) is 0 Å². The number of carboxylic acid groups (broad SMARTS) is 1. The van der Waals surface area contributed by atoms with E-state index in [0.717, 1.165) is 38.5 Å². The third kappa shape index (κ3) is 3.78. The highest BCUT2D eigenvalue weighted by Crippen LogP contribution is 2.39. The summed E-state index contributed by atoms with van der Waals surface area (Å²) in [5, 5.41) is 9.71. The molecule has 0 aliphatic heterocycles. The molecule has 0 unspecified atom stereocenters. The maximum Gasteiger partial charge on any atom is 0.310 e. The molecule has 4 nitrogen and oxygen atoms in total. The minimum atomic E-state index is -0.806. The molecule has 21 heavy (non-hydrogen) atoms. The van der Waals surface area contributed by atoms with E-state index >= 15 is 0 Å². The van der Waals surface area contributed by atoms with Crippen LogP contribution < -0.4 is 0 Å². The molecule has 2 aliphatic rings. The fourth-order valence-electron chi connectivity index (χ4n) is 4.12. The van der Waals surface area contributed by atoms with Gasteiger partial charge >= 0.3 is 5.97 Å². The molecule has 0 radical (unpaired) electrons. The quantitative estimate of drug-likeness (QED) is 0.788. The highest BCUT2D eigenvalue weighted by molar-refractivity contribution is 5.85. The molecule has 0 heterocycles. The summed E-state index contributed by atoms with van der Waals surface area (Å²) in [5.74, 6) is -0.700. The van der Waals surface area contributed by atoms with Crippen LogP contribution in [0.5, 0.6) is 0 Å². The van der Waals surface area contributed by atoms with Gasteiger partial charge in [-0.05, 0) is 32.6 Å². The summed E-state index contributed by atoms with van der Waals surface area (Å²) in [6.07, 6.45) is 10.2. The van der Waals surface area contributed by atoms with Crippen molar-refractivity contribution >= 4 is 11.9 Å². The van der Waals surface area contributed by atoms with Crippen LogP contribution in [-0.4, -0.2) is 34.5 Å². The van der Waals surface area contributed by atoms with Crippen molar-refractivity contribution < 1.29 is 14.7 Å². The molecular weight excluding hydrogens is 266 g/mol. The van der Waals surface area contributed by atoms with Gasteiger partial charge in [0.25, 0.3) is 0 Å². The Kier molecular flexibility index (Phi) is 5.65. The molecular formula is C17H29NO3. The topological polar surface area (TPSA) is 57.6 Å². The second-order valence-electron chi connectivity index (χ2n) is 6.79. The smallest absolute Gasteiger partial charge is 0.310 e. The summed E-state index contributed by atoms with van der Waals surface area (Å²) in [5.41, 5.74) is -0.806. The van der Waals surface area contributed by atoms with Gasteiger partial charge < -0.3 is 10.0 Å². The molecule has 0 bridgehead atoms. The first kappa shape index (κ1) is 16.3. The van der Waals surface area contributed by atoms with E-state index in [9.17, 15) is 14.7 Å². The van der Waals surface area contributed by atoms with Gasteiger partial charge in [0.05, 0.1) is 5.41 Å². The molecule has 4 heteroatoms. The van der Waals surface area contributed by atoms with Crippen LogP contribution in [0.2, 0.25) is 0 Å². The number of carbonyl (C=O) groups excluding carboxylic acids is 1. The second kappa shape index (κ2) is 7.28. The van der Waals surface area contributed by atoms with Crippen molar-refractivity contribution in [2.75, 3.05) is 6.54 Å². The number of amides is 1. The van der Waals surface area contributed by atoms with Gasteiger partial charge in [-0.3, -0.25) is 9.59 Å². The highest BCUT2D eigenvalue weighted by Gasteiger charge is 2.42. The van der Waals surface area contributed by atoms with E-state index in [4.69, 9.17) is 0 Å². The van der Waals surface area contributed by atoms with E-state index in [1.165, 1.54) is 12.8 Å². The summed E-state index contributed by atoms with van der Waals surface area (Å²) in [6.45, 7) is 2.72. The maximum atomic E-state index is 12.7. The Morgan fingerprint density at radius 1 is 1.05 bits per heavy atom. The van der Waals surface area contributed by atoms with Crippen LogP contribution in [0.3, 0.4) is 0 Å². The number of aliphatic carboxylic acids is 1. The van der Waals surface area contributed by atoms with Crippen molar-refractivity contribution in [2.45, 2.75) is 83.6 Å². The van der Waals surface area contributed by atoms with Gasteiger partial charge in [-0.1, -0.05) is 38.5 Å². The Labute approximate surface area is 127 Å². The number of nitrogens with zero attached hydrogens (tertiary/aromatic N) is 1. The Bertz CT molecular complexity index is 366. The Balaban J connectivity index is 2.07. The zero-order chi connectivity index (χ0) is 15.3. The monoisotopic (exact) mass is 295 g/mol. The summed E-state index contributed by atoms with van der Waals surface area (Å²) in [7, 11) is 0. The maximum absolute atomic E-state index is 12.7. The van der Waals surface area contributed by atoms with E-state index in [2.05, 4.69) is 0 Å². The van der Waals surface area contributed by atoms with Gasteiger partial charge in [0, 0.05) is 19.0 Å². The molecule has 2 aliphatic carbocycles. The van der Waals surface area contributed by atoms with Crippen molar-refractivity contribution in [3.05, 3.63) is 0 Å². The minimum absolute atomic E-state index is 0.0636. The SMILES string of the molecule is CCN(C(=O)CC1(C(=O)O)CCCCCC1)C1CCCC1. The lowest BCUT2D eigenvalue weighted by molar-refractivity contribution is -0.155. The molecule has 2 fully saturated rings. The summed E-state index contributed by atoms with van der Waals surface area (Å²) in [4.78, 5) is 26.5. The Morgan fingerprint density at radius 3 is 2.10 bits per heavy atom. The average Bonchev–Trinajstić information content (AvgIpc) is 2.86. The lowest BCUT2D eigenvalue weighted by Crippen LogP contribution is -2.43. The van der Waals surface area contributed by atoms with Gasteiger partial charge in [-0.2, -0.15) is 0 Å². The summed E-state index contributed by atoms with van der Waals surface area (Å²) >= 11 is 0. The third-order valence-electron chi connectivity index (χ3n) is 5.43. The molecule has 120 valence electrons. The highest BCUT2D eigenvalue weighted by atomic mass is 16.4. The standard InChI is InChI=1S/C17H29NO3/c1-2-18(14-9-5-6-10-14)15(19)13-17(16(20)21)11-7-3-4-8-12-17/h14H,2-13H2,1H3,(H,20,21). The molecule has 2 saturated carbocycles. The predicted octanol–water partition coefficient (Wildman–Crippen LogP) is 3.59. The predicted molar refractivity (Wildman–Crippen MR) is 82.0 cm³/mol. The van der Waals surface area contributed by atoms with E-state index in [0.29, 0.717) is 25.4 Å². The number of carbonyl (C=O) groups is 2. The number of carboxylic acids is 1. The van der Waals surface area contributed by atoms with E-state index in [1.807, 2.05) is 11.8 Å². The lowest BCUT2D eigenvalue weighted by Gasteiger charge is -2.33. The van der Waals surface area contributed by atoms with E-state index in [1.54, 1.807) is 0 Å². The normalized spacial score (nSPS) is 22.7. The van der Waals surface area contributed by atoms with Crippen LogP contribution in [0.15, 0.2) is 0 Å². The van der Waals surface area contributed by atoms with Crippen molar-refractivity contribution in [1.82, 2.24) is 4.90 Å². The van der Waals surface area contributed by atoms with E-state index < -0.39 is 11.4 Å². The molecule has 0 spiro atoms. The third-order valence-corrected chi connectivity index (χ3v) is 5.43. The first-order valence-corrected chi connectivity index (χ1v) is 8.62. The van der Waals surface area contributed by atoms with Gasteiger partial charge in [-0.25, -0.2) is 0 Å². The van der Waals surface area contributed by atoms with Crippen LogP contribution in [0.1, 0.15) is 77.6 Å². The summed E-state index contributed by atoms with van der Waals surface area (Å²) < 4.78 is 0. The fourth-order valence-corrected chi connectivity index (χ4v) is 4.12. The lowest BCUT2D eigenvalue weighted by atomic mass is 9.77. The number of rotatable bonds is 5. The first-order chi connectivity index (χ1) is 10.1. The summed E-state index contributed by atoms with van der Waals surface area (Å²) in [6, 6.07) is 0.346. The minimum Gasteiger partial charge on any atom is -0.481 e. The van der Waals surface area contributed by atoms with Crippen LogP contribution >= 0.6 is 0 Å². The largest absolute Gasteiger partial charge is 0.481 e. The average molecular weight is 295 g/mol. The van der Waals surface area contributed by atoms with Crippen LogP contribution in [0, 0.1) is 5.41 Å². The Hall–Kier alpha value is -1.06. The molecule has 2 rings (SSSR count). The Morgan fingerprint density at radius 2 is 1.62 bits per heavy atom. The molecule has 0 aromatic heterocycles. The number of hydrogen-bond acceptors (Lipinski definition) is 2. The molecule has 0 atom stereocenters.